The van der Waals surface area contributed by atoms with Gasteiger partial charge in [0, 0.05) is 0 Å². The van der Waals surface area contributed by atoms with E-state index >= 15 is 0 Å². The molecule has 24 heavy (non-hydrogen) atoms. The van der Waals surface area contributed by atoms with E-state index in [2.05, 4.69) is 13.8 Å². The standard InChI is InChI=1S/C24H42/c1-3-19-5-9-21(10-6-19)23-13-16-24(17-14-23,18-15-23)22-11-7-20(4-2)8-12-22/h19-22H,3-18H2,1-2H3/t19-,20?,21-,22?,23?,24?. The lowest BCUT2D eigenvalue weighted by molar-refractivity contribution is -0.0957. The second-order valence-electron chi connectivity index (χ2n) is 10.5. The summed E-state index contributed by atoms with van der Waals surface area (Å²) in [7, 11) is 0. The maximum Gasteiger partial charge on any atom is -0.0269 e. The quantitative estimate of drug-likeness (QED) is 0.494. The van der Waals surface area contributed by atoms with Crippen LogP contribution in [0.25, 0.3) is 0 Å². The second-order valence-corrected chi connectivity index (χ2v) is 10.5. The highest BCUT2D eigenvalue weighted by Crippen LogP contribution is 2.65. The molecule has 138 valence electrons. The van der Waals surface area contributed by atoms with Crippen molar-refractivity contribution in [2.75, 3.05) is 0 Å². The van der Waals surface area contributed by atoms with Crippen molar-refractivity contribution in [3.8, 4) is 0 Å². The Morgan fingerprint density at radius 2 is 0.792 bits per heavy atom. The van der Waals surface area contributed by atoms with Crippen LogP contribution in [0.3, 0.4) is 0 Å². The van der Waals surface area contributed by atoms with Gasteiger partial charge in [0.2, 0.25) is 0 Å². The minimum absolute atomic E-state index is 0.807. The molecule has 0 aromatic carbocycles. The van der Waals surface area contributed by atoms with E-state index in [9.17, 15) is 0 Å². The van der Waals surface area contributed by atoms with Gasteiger partial charge >= 0.3 is 0 Å². The van der Waals surface area contributed by atoms with E-state index in [1.165, 1.54) is 12.8 Å². The largest absolute Gasteiger partial charge is 0.0651 e. The van der Waals surface area contributed by atoms with Crippen molar-refractivity contribution in [1.29, 1.82) is 0 Å². The SMILES string of the molecule is CCC1CCC(C23CCC([C@H]4CC[C@H](CC)CC4)(CC2)CC3)CC1. The van der Waals surface area contributed by atoms with Gasteiger partial charge in [-0.1, -0.05) is 52.4 Å². The first-order valence-corrected chi connectivity index (χ1v) is 11.7. The molecule has 0 nitrogen and oxygen atoms in total. The molecule has 2 bridgehead atoms. The summed E-state index contributed by atoms with van der Waals surface area (Å²) in [6.45, 7) is 4.82. The average Bonchev–Trinajstić information content (AvgIpc) is 2.69. The van der Waals surface area contributed by atoms with Gasteiger partial charge in [-0.3, -0.25) is 0 Å². The second kappa shape index (κ2) is 6.96. The lowest BCUT2D eigenvalue weighted by Gasteiger charge is -2.60. The Bertz CT molecular complexity index is 341. The fourth-order valence-electron chi connectivity index (χ4n) is 7.83. The molecular weight excluding hydrogens is 288 g/mol. The lowest BCUT2D eigenvalue weighted by atomic mass is 9.45. The maximum atomic E-state index is 2.41. The molecular formula is C24H42. The molecule has 5 saturated carbocycles. The number of hydrogen-bond acceptors (Lipinski definition) is 0. The van der Waals surface area contributed by atoms with Crippen LogP contribution in [0, 0.1) is 34.5 Å². The molecule has 5 aliphatic rings. The summed E-state index contributed by atoms with van der Waals surface area (Å²) < 4.78 is 0. The average molecular weight is 331 g/mol. The molecule has 0 spiro atoms. The number of fused-ring (bicyclic) bond motifs is 3. The Kier molecular flexibility index (Phi) is 5.05. The van der Waals surface area contributed by atoms with Crippen molar-refractivity contribution in [3.05, 3.63) is 0 Å². The van der Waals surface area contributed by atoms with E-state index < -0.39 is 0 Å². The zero-order valence-corrected chi connectivity index (χ0v) is 16.6. The Morgan fingerprint density at radius 3 is 1.04 bits per heavy atom. The Morgan fingerprint density at radius 1 is 0.500 bits per heavy atom. The van der Waals surface area contributed by atoms with Crippen LogP contribution in [0.2, 0.25) is 0 Å². The third kappa shape index (κ3) is 2.99. The zero-order valence-electron chi connectivity index (χ0n) is 16.6. The number of hydrogen-bond donors (Lipinski definition) is 0. The van der Waals surface area contributed by atoms with Crippen molar-refractivity contribution in [2.45, 2.75) is 117 Å². The molecule has 0 saturated heterocycles. The fourth-order valence-corrected chi connectivity index (χ4v) is 7.83. The van der Waals surface area contributed by atoms with Gasteiger partial charge < -0.3 is 0 Å². The smallest absolute Gasteiger partial charge is 0.0269 e. The summed E-state index contributed by atoms with van der Waals surface area (Å²) in [5, 5.41) is 0. The zero-order chi connectivity index (χ0) is 16.6. The van der Waals surface area contributed by atoms with Gasteiger partial charge in [0.1, 0.15) is 0 Å². The molecule has 0 radical (unpaired) electrons. The van der Waals surface area contributed by atoms with Gasteiger partial charge in [-0.25, -0.2) is 0 Å². The van der Waals surface area contributed by atoms with Crippen LogP contribution in [-0.4, -0.2) is 0 Å². The van der Waals surface area contributed by atoms with Gasteiger partial charge in [0.25, 0.3) is 0 Å². The monoisotopic (exact) mass is 330 g/mol. The molecule has 0 atom stereocenters. The van der Waals surface area contributed by atoms with Gasteiger partial charge in [-0.15, -0.1) is 0 Å². The van der Waals surface area contributed by atoms with Crippen molar-refractivity contribution >= 4 is 0 Å². The highest BCUT2D eigenvalue weighted by atomic mass is 14.6. The third-order valence-corrected chi connectivity index (χ3v) is 9.94. The highest BCUT2D eigenvalue weighted by Gasteiger charge is 2.54. The molecule has 0 heteroatoms. The molecule has 0 aromatic rings. The normalized spacial score (nSPS) is 49.2. The van der Waals surface area contributed by atoms with Crippen LogP contribution in [0.15, 0.2) is 0 Å². The molecule has 0 heterocycles. The predicted octanol–water partition coefficient (Wildman–Crippen LogP) is 7.76. The minimum atomic E-state index is 0.807. The molecule has 5 fully saturated rings. The summed E-state index contributed by atoms with van der Waals surface area (Å²) in [6.07, 6.45) is 25.1. The van der Waals surface area contributed by atoms with E-state index in [0.717, 1.165) is 34.5 Å². The number of rotatable bonds is 4. The molecule has 0 unspecified atom stereocenters. The van der Waals surface area contributed by atoms with Crippen LogP contribution in [-0.2, 0) is 0 Å². The first-order valence-electron chi connectivity index (χ1n) is 11.7. The van der Waals surface area contributed by atoms with Crippen LogP contribution in [0.4, 0.5) is 0 Å². The van der Waals surface area contributed by atoms with E-state index in [0.29, 0.717) is 0 Å². The Balaban J connectivity index is 1.36. The summed E-state index contributed by atoms with van der Waals surface area (Å²) in [6, 6.07) is 0. The maximum absolute atomic E-state index is 2.41. The topological polar surface area (TPSA) is 0 Å². The first kappa shape index (κ1) is 17.4. The molecule has 0 N–H and O–H groups in total. The van der Waals surface area contributed by atoms with Crippen LogP contribution >= 0.6 is 0 Å². The van der Waals surface area contributed by atoms with Gasteiger partial charge in [-0.05, 0) is 98.7 Å². The van der Waals surface area contributed by atoms with Gasteiger partial charge in [0.15, 0.2) is 0 Å². The molecule has 0 aromatic heterocycles. The van der Waals surface area contributed by atoms with Crippen LogP contribution < -0.4 is 0 Å². The molecule has 0 aliphatic heterocycles. The van der Waals surface area contributed by atoms with Crippen LogP contribution in [0.1, 0.15) is 117 Å². The van der Waals surface area contributed by atoms with E-state index in [1.54, 1.807) is 89.9 Å². The van der Waals surface area contributed by atoms with Crippen molar-refractivity contribution < 1.29 is 0 Å². The van der Waals surface area contributed by atoms with E-state index in [-0.39, 0.29) is 0 Å². The summed E-state index contributed by atoms with van der Waals surface area (Å²) in [4.78, 5) is 0. The Labute approximate surface area is 151 Å². The molecule has 5 rings (SSSR count). The third-order valence-electron chi connectivity index (χ3n) is 9.94. The van der Waals surface area contributed by atoms with Crippen molar-refractivity contribution in [2.24, 2.45) is 34.5 Å². The molecule has 0 amide bonds. The highest BCUT2D eigenvalue weighted by molar-refractivity contribution is 5.05. The summed E-state index contributed by atoms with van der Waals surface area (Å²) in [5.41, 5.74) is 1.61. The summed E-state index contributed by atoms with van der Waals surface area (Å²) >= 11 is 0. The van der Waals surface area contributed by atoms with Crippen molar-refractivity contribution in [3.63, 3.8) is 0 Å². The predicted molar refractivity (Wildman–Crippen MR) is 104 cm³/mol. The minimum Gasteiger partial charge on any atom is -0.0651 e. The summed E-state index contributed by atoms with van der Waals surface area (Å²) in [5.74, 6) is 4.35. The van der Waals surface area contributed by atoms with E-state index in [1.807, 2.05) is 0 Å². The first-order chi connectivity index (χ1) is 11.7. The van der Waals surface area contributed by atoms with Gasteiger partial charge in [-0.2, -0.15) is 0 Å². The van der Waals surface area contributed by atoms with Gasteiger partial charge in [0.05, 0.1) is 0 Å². The fraction of sp³-hybridized carbons (Fsp3) is 1.00. The molecule has 5 aliphatic carbocycles. The Hall–Kier alpha value is 0. The van der Waals surface area contributed by atoms with Crippen molar-refractivity contribution in [1.82, 2.24) is 0 Å². The van der Waals surface area contributed by atoms with E-state index in [4.69, 9.17) is 0 Å². The lowest BCUT2D eigenvalue weighted by Crippen LogP contribution is -2.49. The van der Waals surface area contributed by atoms with Crippen LogP contribution in [0.5, 0.6) is 0 Å².